The Balaban J connectivity index is 3.33. The molecular formula is C11H11NO4. The van der Waals surface area contributed by atoms with E-state index < -0.39 is 17.5 Å². The number of aliphatic carboxylic acids is 1. The fourth-order valence-electron chi connectivity index (χ4n) is 1.24. The van der Waals surface area contributed by atoms with Gasteiger partial charge in [0, 0.05) is 0 Å². The smallest absolute Gasteiger partial charge is 0.371 e. The highest BCUT2D eigenvalue weighted by Gasteiger charge is 2.20. The molecular weight excluding hydrogens is 210 g/mol. The summed E-state index contributed by atoms with van der Waals surface area (Å²) in [6, 6.07) is 8.04. The van der Waals surface area contributed by atoms with Crippen LogP contribution in [0.15, 0.2) is 36.1 Å². The lowest BCUT2D eigenvalue weighted by Crippen LogP contribution is -2.18. The fraction of sp³-hybridized carbons (Fsp3) is 0.0909. The third-order valence-corrected chi connectivity index (χ3v) is 1.97. The summed E-state index contributed by atoms with van der Waals surface area (Å²) < 4.78 is 0. The molecule has 16 heavy (non-hydrogen) atoms. The van der Waals surface area contributed by atoms with E-state index in [0.29, 0.717) is 5.56 Å². The van der Waals surface area contributed by atoms with Crippen LogP contribution in [0.4, 0.5) is 0 Å². The van der Waals surface area contributed by atoms with E-state index in [1.54, 1.807) is 18.2 Å². The van der Waals surface area contributed by atoms with Crippen molar-refractivity contribution in [3.8, 4) is 0 Å². The zero-order valence-electron chi connectivity index (χ0n) is 8.38. The predicted molar refractivity (Wildman–Crippen MR) is 57.7 cm³/mol. The highest BCUT2D eigenvalue weighted by atomic mass is 16.4. The standard InChI is InChI=1S/C11H11NO4/c12-6-8(13)9(10(14)11(15)16)7-4-2-1-3-5-7/h1-5,14H,6,12H2,(H,15,16). The molecule has 1 aromatic carbocycles. The first-order valence-corrected chi connectivity index (χ1v) is 4.53. The largest absolute Gasteiger partial charge is 0.501 e. The molecule has 0 fully saturated rings. The Morgan fingerprint density at radius 1 is 1.12 bits per heavy atom. The number of hydrogen-bond donors (Lipinski definition) is 3. The monoisotopic (exact) mass is 221 g/mol. The van der Waals surface area contributed by atoms with E-state index in [1.165, 1.54) is 12.1 Å². The van der Waals surface area contributed by atoms with Gasteiger partial charge in [-0.1, -0.05) is 30.3 Å². The molecule has 0 bridgehead atoms. The van der Waals surface area contributed by atoms with Crippen LogP contribution in [0.2, 0.25) is 0 Å². The van der Waals surface area contributed by atoms with Crippen molar-refractivity contribution in [3.05, 3.63) is 41.7 Å². The molecule has 1 rings (SSSR count). The van der Waals surface area contributed by atoms with E-state index >= 15 is 0 Å². The first-order chi connectivity index (χ1) is 7.57. The normalized spacial score (nSPS) is 11.8. The minimum Gasteiger partial charge on any atom is -0.501 e. The van der Waals surface area contributed by atoms with Gasteiger partial charge in [0.1, 0.15) is 0 Å². The second kappa shape index (κ2) is 5.09. The lowest BCUT2D eigenvalue weighted by molar-refractivity contribution is -0.135. The van der Waals surface area contributed by atoms with Crippen LogP contribution >= 0.6 is 0 Å². The first-order valence-electron chi connectivity index (χ1n) is 4.53. The van der Waals surface area contributed by atoms with E-state index in [0.717, 1.165) is 0 Å². The maximum Gasteiger partial charge on any atom is 0.371 e. The Kier molecular flexibility index (Phi) is 3.79. The number of nitrogens with two attached hydrogens (primary N) is 1. The molecule has 0 spiro atoms. The highest BCUT2D eigenvalue weighted by Crippen LogP contribution is 2.18. The summed E-state index contributed by atoms with van der Waals surface area (Å²) in [5.74, 6) is -3.16. The SMILES string of the molecule is NCC(=O)C(=C(O)C(=O)O)c1ccccc1. The third kappa shape index (κ3) is 2.46. The number of carbonyl (C=O) groups excluding carboxylic acids is 1. The van der Waals surface area contributed by atoms with Crippen molar-refractivity contribution in [2.45, 2.75) is 0 Å². The van der Waals surface area contributed by atoms with Crippen LogP contribution in [0, 0.1) is 0 Å². The molecule has 0 unspecified atom stereocenters. The van der Waals surface area contributed by atoms with Crippen LogP contribution in [0.25, 0.3) is 5.57 Å². The Bertz CT molecular complexity index is 437. The van der Waals surface area contributed by atoms with Gasteiger partial charge < -0.3 is 15.9 Å². The lowest BCUT2D eigenvalue weighted by atomic mass is 10.0. The average Bonchev–Trinajstić information content (AvgIpc) is 2.30. The molecule has 0 atom stereocenters. The van der Waals surface area contributed by atoms with Crippen LogP contribution in [0.5, 0.6) is 0 Å². The summed E-state index contributed by atoms with van der Waals surface area (Å²) in [5.41, 5.74) is 5.22. The molecule has 0 saturated carbocycles. The van der Waals surface area contributed by atoms with Gasteiger partial charge in [-0.3, -0.25) is 4.79 Å². The van der Waals surface area contributed by atoms with Crippen molar-refractivity contribution in [1.82, 2.24) is 0 Å². The summed E-state index contributed by atoms with van der Waals surface area (Å²) in [5, 5.41) is 18.0. The number of carboxylic acids is 1. The molecule has 0 aliphatic carbocycles. The molecule has 0 saturated heterocycles. The predicted octanol–water partition coefficient (Wildman–Crippen LogP) is 0.568. The van der Waals surface area contributed by atoms with Crippen LogP contribution in [-0.4, -0.2) is 28.5 Å². The lowest BCUT2D eigenvalue weighted by Gasteiger charge is -2.06. The number of Topliss-reactive ketones (excluding diaryl/α,β-unsaturated/α-hetero) is 1. The quantitative estimate of drug-likeness (QED) is 0.509. The zero-order valence-corrected chi connectivity index (χ0v) is 8.38. The molecule has 0 heterocycles. The van der Waals surface area contributed by atoms with E-state index in [9.17, 15) is 14.7 Å². The second-order valence-electron chi connectivity index (χ2n) is 3.02. The van der Waals surface area contributed by atoms with Crippen LogP contribution < -0.4 is 5.73 Å². The Labute approximate surface area is 91.8 Å². The van der Waals surface area contributed by atoms with Crippen molar-refractivity contribution in [3.63, 3.8) is 0 Å². The van der Waals surface area contributed by atoms with Crippen molar-refractivity contribution in [2.75, 3.05) is 6.54 Å². The molecule has 5 heteroatoms. The van der Waals surface area contributed by atoms with Crippen molar-refractivity contribution in [1.29, 1.82) is 0 Å². The van der Waals surface area contributed by atoms with Crippen molar-refractivity contribution < 1.29 is 19.8 Å². The number of carbonyl (C=O) groups is 2. The van der Waals surface area contributed by atoms with Crippen LogP contribution in [0.3, 0.4) is 0 Å². The number of carboxylic acid groups (broad SMARTS) is 1. The van der Waals surface area contributed by atoms with Crippen LogP contribution in [0.1, 0.15) is 5.56 Å². The minimum absolute atomic E-state index is 0.268. The summed E-state index contributed by atoms with van der Waals surface area (Å²) in [4.78, 5) is 22.1. The van der Waals surface area contributed by atoms with Gasteiger partial charge in [0.15, 0.2) is 5.78 Å². The van der Waals surface area contributed by atoms with Gasteiger partial charge in [0.05, 0.1) is 12.1 Å². The number of hydrogen-bond acceptors (Lipinski definition) is 4. The molecule has 0 aliphatic rings. The van der Waals surface area contributed by atoms with Gasteiger partial charge >= 0.3 is 5.97 Å². The summed E-state index contributed by atoms with van der Waals surface area (Å²) in [6.45, 7) is -0.360. The maximum absolute atomic E-state index is 11.5. The summed E-state index contributed by atoms with van der Waals surface area (Å²) >= 11 is 0. The number of aliphatic hydroxyl groups is 1. The number of rotatable bonds is 4. The van der Waals surface area contributed by atoms with Gasteiger partial charge in [-0.25, -0.2) is 4.79 Å². The number of aliphatic hydroxyl groups excluding tert-OH is 1. The van der Waals surface area contributed by atoms with Crippen molar-refractivity contribution >= 4 is 17.3 Å². The minimum atomic E-state index is -1.55. The molecule has 1 aromatic rings. The van der Waals surface area contributed by atoms with Crippen LogP contribution in [-0.2, 0) is 9.59 Å². The molecule has 84 valence electrons. The molecule has 0 aliphatic heterocycles. The molecule has 0 radical (unpaired) electrons. The maximum atomic E-state index is 11.5. The molecule has 0 amide bonds. The highest BCUT2D eigenvalue weighted by molar-refractivity contribution is 6.25. The fourth-order valence-corrected chi connectivity index (χ4v) is 1.24. The van der Waals surface area contributed by atoms with Gasteiger partial charge in [0.25, 0.3) is 0 Å². The van der Waals surface area contributed by atoms with E-state index in [-0.39, 0.29) is 12.1 Å². The zero-order chi connectivity index (χ0) is 12.1. The second-order valence-corrected chi connectivity index (χ2v) is 3.02. The average molecular weight is 221 g/mol. The number of ketones is 1. The summed E-state index contributed by atoms with van der Waals surface area (Å²) in [7, 11) is 0. The van der Waals surface area contributed by atoms with Gasteiger partial charge in [-0.15, -0.1) is 0 Å². The van der Waals surface area contributed by atoms with Crippen molar-refractivity contribution in [2.24, 2.45) is 5.73 Å². The van der Waals surface area contributed by atoms with Gasteiger partial charge in [-0.2, -0.15) is 0 Å². The van der Waals surface area contributed by atoms with Gasteiger partial charge in [0.2, 0.25) is 5.76 Å². The van der Waals surface area contributed by atoms with Gasteiger partial charge in [-0.05, 0) is 5.56 Å². The van der Waals surface area contributed by atoms with E-state index in [2.05, 4.69) is 0 Å². The Morgan fingerprint density at radius 3 is 2.12 bits per heavy atom. The molecule has 4 N–H and O–H groups in total. The first kappa shape index (κ1) is 11.9. The third-order valence-electron chi connectivity index (χ3n) is 1.97. The Hall–Kier alpha value is -2.14. The number of benzene rings is 1. The molecule has 0 aromatic heterocycles. The summed E-state index contributed by atoms with van der Waals surface area (Å²) in [6.07, 6.45) is 0. The molecule has 5 nitrogen and oxygen atoms in total. The van der Waals surface area contributed by atoms with E-state index in [4.69, 9.17) is 10.8 Å². The van der Waals surface area contributed by atoms with E-state index in [1.807, 2.05) is 0 Å². The topological polar surface area (TPSA) is 101 Å². The Morgan fingerprint density at radius 2 is 1.69 bits per heavy atom.